The number of hydrogen-bond donors (Lipinski definition) is 2. The molecule has 2 amide bonds. The van der Waals surface area contributed by atoms with E-state index >= 15 is 0 Å². The van der Waals surface area contributed by atoms with Gasteiger partial charge in [-0.2, -0.15) is 0 Å². The van der Waals surface area contributed by atoms with Gasteiger partial charge in [-0.05, 0) is 42.0 Å². The van der Waals surface area contributed by atoms with Gasteiger partial charge in [0.25, 0.3) is 5.91 Å². The van der Waals surface area contributed by atoms with Crippen LogP contribution in [0.5, 0.6) is 0 Å². The van der Waals surface area contributed by atoms with E-state index in [9.17, 15) is 9.59 Å². The molecule has 5 nitrogen and oxygen atoms in total. The van der Waals surface area contributed by atoms with Gasteiger partial charge in [-0.25, -0.2) is 0 Å². The summed E-state index contributed by atoms with van der Waals surface area (Å²) in [7, 11) is 0. The highest BCUT2D eigenvalue weighted by Crippen LogP contribution is 2.22. The lowest BCUT2D eigenvalue weighted by atomic mass is 10.1. The largest absolute Gasteiger partial charge is 0.376 e. The minimum absolute atomic E-state index is 0.0739. The molecule has 0 saturated carbocycles. The Hall–Kier alpha value is -3.34. The lowest BCUT2D eigenvalue weighted by Crippen LogP contribution is -2.29. The minimum atomic E-state index is -0.0739. The number of benzene rings is 3. The number of anilines is 1. The molecule has 4 rings (SSSR count). The summed E-state index contributed by atoms with van der Waals surface area (Å²) in [6.45, 7) is 2.34. The fourth-order valence-electron chi connectivity index (χ4n) is 3.69. The molecule has 2 N–H and O–H groups in total. The van der Waals surface area contributed by atoms with Gasteiger partial charge in [0.1, 0.15) is 0 Å². The third kappa shape index (κ3) is 4.57. The maximum atomic E-state index is 12.4. The molecule has 5 heteroatoms. The van der Waals surface area contributed by atoms with Crippen LogP contribution in [0.1, 0.15) is 28.8 Å². The fourth-order valence-corrected chi connectivity index (χ4v) is 3.69. The molecule has 1 fully saturated rings. The minimum Gasteiger partial charge on any atom is -0.376 e. The molecule has 3 aromatic rings. The van der Waals surface area contributed by atoms with E-state index in [1.807, 2.05) is 59.5 Å². The van der Waals surface area contributed by atoms with Crippen molar-refractivity contribution in [2.45, 2.75) is 19.4 Å². The molecule has 29 heavy (non-hydrogen) atoms. The molecule has 1 aliphatic heterocycles. The van der Waals surface area contributed by atoms with Crippen molar-refractivity contribution >= 4 is 28.3 Å². The SMILES string of the molecule is O=C(CNc1cccc2ccccc12)NCc1ccc(C(=O)N2CCCC2)cc1. The van der Waals surface area contributed by atoms with Gasteiger partial charge >= 0.3 is 0 Å². The van der Waals surface area contributed by atoms with Crippen LogP contribution < -0.4 is 10.6 Å². The van der Waals surface area contributed by atoms with Crippen molar-refractivity contribution in [1.82, 2.24) is 10.2 Å². The molecule has 0 unspecified atom stereocenters. The number of hydrogen-bond acceptors (Lipinski definition) is 3. The molecular formula is C24H25N3O2. The van der Waals surface area contributed by atoms with E-state index in [-0.39, 0.29) is 18.4 Å². The smallest absolute Gasteiger partial charge is 0.253 e. The van der Waals surface area contributed by atoms with E-state index in [1.165, 1.54) is 0 Å². The topological polar surface area (TPSA) is 61.4 Å². The van der Waals surface area contributed by atoms with Gasteiger partial charge in [0.2, 0.25) is 5.91 Å². The van der Waals surface area contributed by atoms with E-state index in [0.717, 1.165) is 48.0 Å². The van der Waals surface area contributed by atoms with Crippen LogP contribution in [0.2, 0.25) is 0 Å². The fraction of sp³-hybridized carbons (Fsp3) is 0.250. The van der Waals surface area contributed by atoms with Gasteiger partial charge in [0.05, 0.1) is 6.54 Å². The first kappa shape index (κ1) is 19.0. The lowest BCUT2D eigenvalue weighted by molar-refractivity contribution is -0.119. The molecule has 0 atom stereocenters. The van der Waals surface area contributed by atoms with Crippen LogP contribution >= 0.6 is 0 Å². The highest BCUT2D eigenvalue weighted by atomic mass is 16.2. The van der Waals surface area contributed by atoms with Gasteiger partial charge in [0, 0.05) is 36.3 Å². The first-order valence-corrected chi connectivity index (χ1v) is 10.1. The summed E-state index contributed by atoms with van der Waals surface area (Å²) in [4.78, 5) is 26.5. The van der Waals surface area contributed by atoms with E-state index in [0.29, 0.717) is 12.1 Å². The standard InChI is InChI=1S/C24H25N3O2/c28-23(17-25-22-9-5-7-19-6-1-2-8-21(19)22)26-16-18-10-12-20(13-11-18)24(29)27-14-3-4-15-27/h1-2,5-13,25H,3-4,14-17H2,(H,26,28). The Morgan fingerprint density at radius 1 is 0.862 bits per heavy atom. The predicted molar refractivity (Wildman–Crippen MR) is 116 cm³/mol. The molecule has 0 bridgehead atoms. The number of carbonyl (C=O) groups is 2. The van der Waals surface area contributed by atoms with Crippen LogP contribution in [-0.4, -0.2) is 36.3 Å². The van der Waals surface area contributed by atoms with Crippen LogP contribution in [0.25, 0.3) is 10.8 Å². The summed E-state index contributed by atoms with van der Waals surface area (Å²) in [6.07, 6.45) is 2.17. The molecule has 0 aromatic heterocycles. The second-order valence-corrected chi connectivity index (χ2v) is 7.35. The number of likely N-dealkylation sites (tertiary alicyclic amines) is 1. The number of nitrogens with one attached hydrogen (secondary N) is 2. The first-order chi connectivity index (χ1) is 14.2. The summed E-state index contributed by atoms with van der Waals surface area (Å²) >= 11 is 0. The monoisotopic (exact) mass is 387 g/mol. The molecule has 1 aliphatic rings. The Bertz CT molecular complexity index is 1000. The Labute approximate surface area is 170 Å². The highest BCUT2D eigenvalue weighted by Gasteiger charge is 2.19. The van der Waals surface area contributed by atoms with Gasteiger partial charge < -0.3 is 15.5 Å². The number of fused-ring (bicyclic) bond motifs is 1. The zero-order valence-corrected chi connectivity index (χ0v) is 16.4. The van der Waals surface area contributed by atoms with Crippen LogP contribution in [0.15, 0.2) is 66.7 Å². The summed E-state index contributed by atoms with van der Waals surface area (Å²) in [6, 6.07) is 21.6. The van der Waals surface area contributed by atoms with Crippen LogP contribution in [0.3, 0.4) is 0 Å². The molecule has 0 spiro atoms. The van der Waals surface area contributed by atoms with Crippen molar-refractivity contribution in [3.63, 3.8) is 0 Å². The normalized spacial score (nSPS) is 13.4. The Morgan fingerprint density at radius 3 is 2.38 bits per heavy atom. The van der Waals surface area contributed by atoms with Crippen molar-refractivity contribution in [2.75, 3.05) is 25.0 Å². The van der Waals surface area contributed by atoms with E-state index in [4.69, 9.17) is 0 Å². The highest BCUT2D eigenvalue weighted by molar-refractivity contribution is 5.95. The van der Waals surface area contributed by atoms with E-state index in [1.54, 1.807) is 0 Å². The summed E-state index contributed by atoms with van der Waals surface area (Å²) < 4.78 is 0. The molecule has 0 aliphatic carbocycles. The van der Waals surface area contributed by atoms with Crippen LogP contribution in [-0.2, 0) is 11.3 Å². The van der Waals surface area contributed by atoms with Gasteiger partial charge in [0.15, 0.2) is 0 Å². The third-order valence-electron chi connectivity index (χ3n) is 5.31. The van der Waals surface area contributed by atoms with Crippen LogP contribution in [0, 0.1) is 0 Å². The van der Waals surface area contributed by atoms with Crippen molar-refractivity contribution in [3.8, 4) is 0 Å². The number of nitrogens with zero attached hydrogens (tertiary/aromatic N) is 1. The third-order valence-corrected chi connectivity index (χ3v) is 5.31. The average molecular weight is 387 g/mol. The molecule has 3 aromatic carbocycles. The molecular weight excluding hydrogens is 362 g/mol. The zero-order valence-electron chi connectivity index (χ0n) is 16.4. The summed E-state index contributed by atoms with van der Waals surface area (Å²) in [5.41, 5.74) is 2.63. The Kier molecular flexibility index (Phi) is 5.75. The average Bonchev–Trinajstić information content (AvgIpc) is 3.31. The number of rotatable bonds is 6. The molecule has 1 saturated heterocycles. The summed E-state index contributed by atoms with van der Waals surface area (Å²) in [5, 5.41) is 8.38. The van der Waals surface area contributed by atoms with Gasteiger partial charge in [-0.3, -0.25) is 9.59 Å². The Balaban J connectivity index is 1.28. The quantitative estimate of drug-likeness (QED) is 0.676. The second kappa shape index (κ2) is 8.78. The van der Waals surface area contributed by atoms with Crippen molar-refractivity contribution in [2.24, 2.45) is 0 Å². The number of amides is 2. The van der Waals surface area contributed by atoms with Gasteiger partial charge in [-0.15, -0.1) is 0 Å². The maximum Gasteiger partial charge on any atom is 0.253 e. The van der Waals surface area contributed by atoms with E-state index in [2.05, 4.69) is 22.8 Å². The van der Waals surface area contributed by atoms with Gasteiger partial charge in [-0.1, -0.05) is 48.5 Å². The Morgan fingerprint density at radius 2 is 1.59 bits per heavy atom. The zero-order chi connectivity index (χ0) is 20.1. The summed E-state index contributed by atoms with van der Waals surface area (Å²) in [5.74, 6) is 0.0209. The molecule has 1 heterocycles. The lowest BCUT2D eigenvalue weighted by Gasteiger charge is -2.15. The van der Waals surface area contributed by atoms with E-state index < -0.39 is 0 Å². The van der Waals surface area contributed by atoms with Crippen molar-refractivity contribution in [3.05, 3.63) is 77.9 Å². The van der Waals surface area contributed by atoms with Crippen LogP contribution in [0.4, 0.5) is 5.69 Å². The van der Waals surface area contributed by atoms with Crippen molar-refractivity contribution < 1.29 is 9.59 Å². The molecule has 148 valence electrons. The second-order valence-electron chi connectivity index (χ2n) is 7.35. The predicted octanol–water partition coefficient (Wildman–Crippen LogP) is 3.80. The maximum absolute atomic E-state index is 12.4. The number of carbonyl (C=O) groups excluding carboxylic acids is 2. The van der Waals surface area contributed by atoms with Crippen molar-refractivity contribution in [1.29, 1.82) is 0 Å². The first-order valence-electron chi connectivity index (χ1n) is 10.1. The molecule has 0 radical (unpaired) electrons.